The number of nitrogens with one attached hydrogen (secondary N) is 2. The Morgan fingerprint density at radius 2 is 0.492 bits per heavy atom. The fraction of sp³-hybridized carbons (Fsp3) is 0.214. The van der Waals surface area contributed by atoms with Crippen molar-refractivity contribution >= 4 is 65.8 Å². The van der Waals surface area contributed by atoms with Crippen LogP contribution in [-0.2, 0) is 15.1 Å². The molecule has 7 heteroatoms. The van der Waals surface area contributed by atoms with Gasteiger partial charge in [0, 0.05) is 44.3 Å². The molecule has 5 heterocycles. The van der Waals surface area contributed by atoms with E-state index in [1.54, 1.807) is 0 Å². The molecule has 0 amide bonds. The van der Waals surface area contributed by atoms with E-state index in [2.05, 4.69) is 190 Å². The Balaban J connectivity index is 0.00000177. The predicted octanol–water partition coefficient (Wildman–Crippen LogP) is 16.4. The van der Waals surface area contributed by atoms with Crippen LogP contribution in [-0.4, -0.2) is 19.9 Å². The van der Waals surface area contributed by atoms with Crippen LogP contribution in [0.1, 0.15) is 89.5 Å². The number of fused-ring (bicyclic) bond motifs is 8. The number of rotatable bonds is 4. The third-order valence-corrected chi connectivity index (χ3v) is 12.5. The van der Waals surface area contributed by atoms with Gasteiger partial charge in [-0.25, -0.2) is 9.97 Å². The number of benzene rings is 4. The Labute approximate surface area is 388 Å². The summed E-state index contributed by atoms with van der Waals surface area (Å²) in [4.78, 5) is 19.2. The molecule has 0 saturated carbocycles. The van der Waals surface area contributed by atoms with Gasteiger partial charge in [0.15, 0.2) is 0 Å². The summed E-state index contributed by atoms with van der Waals surface area (Å²) < 4.78 is 0. The van der Waals surface area contributed by atoms with Crippen LogP contribution in [0, 0.1) is 83.1 Å². The number of nitrogens with zero attached hydrogens (tertiary/aromatic N) is 2. The number of hydrogen-bond donors (Lipinski definition) is 2. The minimum absolute atomic E-state index is 0.346. The van der Waals surface area contributed by atoms with E-state index in [4.69, 9.17) is 29.4 Å². The van der Waals surface area contributed by atoms with Crippen molar-refractivity contribution < 1.29 is 15.1 Å². The average molecular weight is 955 g/mol. The molecule has 0 saturated heterocycles. The van der Waals surface area contributed by atoms with Gasteiger partial charge in [0.05, 0.1) is 22.8 Å². The number of aryl methyl sites for hydroxylation is 12. The Hall–Kier alpha value is -5.32. The Morgan fingerprint density at radius 3 is 0.667 bits per heavy atom. The van der Waals surface area contributed by atoms with Crippen molar-refractivity contribution in [2.75, 3.05) is 0 Å². The fourth-order valence-corrected chi connectivity index (χ4v) is 10.6. The third-order valence-electron chi connectivity index (χ3n) is 12.5. The molecule has 0 aliphatic carbocycles. The van der Waals surface area contributed by atoms with Gasteiger partial charge in [-0.05, 0) is 198 Å². The van der Waals surface area contributed by atoms with E-state index in [-0.39, 0.29) is 15.1 Å². The van der Waals surface area contributed by atoms with Gasteiger partial charge in [0.1, 0.15) is 0 Å². The van der Waals surface area contributed by atoms with Gasteiger partial charge in [0.2, 0.25) is 0 Å². The maximum absolute atomic E-state index is 5.63. The van der Waals surface area contributed by atoms with Crippen molar-refractivity contribution in [1.82, 2.24) is 19.9 Å². The molecule has 2 N–H and O–H groups in total. The van der Waals surface area contributed by atoms with Crippen LogP contribution < -0.4 is 0 Å². The molecule has 0 spiro atoms. The van der Waals surface area contributed by atoms with Crippen molar-refractivity contribution in [1.29, 1.82) is 0 Å². The Bertz CT molecular complexity index is 2740. The summed E-state index contributed by atoms with van der Waals surface area (Å²) >= 11 is -0.346. The van der Waals surface area contributed by atoms with Gasteiger partial charge in [-0.2, -0.15) is 0 Å². The quantitative estimate of drug-likeness (QED) is 0.173. The topological polar surface area (TPSA) is 57.4 Å². The molecule has 63 heavy (non-hydrogen) atoms. The van der Waals surface area contributed by atoms with E-state index in [0.717, 1.165) is 67.1 Å². The first-order valence-electron chi connectivity index (χ1n) is 21.4. The normalized spacial score (nSPS) is 12.0. The van der Waals surface area contributed by atoms with Gasteiger partial charge < -0.3 is 9.97 Å². The van der Waals surface area contributed by atoms with Gasteiger partial charge in [-0.3, -0.25) is 0 Å². The molecule has 8 bridgehead atoms. The second-order valence-electron chi connectivity index (χ2n) is 17.6. The molecule has 0 atom stereocenters. The zero-order valence-electron chi connectivity index (χ0n) is 38.2. The molecule has 9 rings (SSSR count). The van der Waals surface area contributed by atoms with Gasteiger partial charge >= 0.3 is 34.5 Å². The molecule has 320 valence electrons. The van der Waals surface area contributed by atoms with Crippen LogP contribution in [0.3, 0.4) is 0 Å². The molecule has 2 aliphatic rings. The number of H-pyrrole nitrogens is 2. The zero-order chi connectivity index (χ0) is 45.0. The molecule has 0 fully saturated rings. The molecule has 3 aromatic heterocycles. The van der Waals surface area contributed by atoms with Crippen molar-refractivity contribution in [3.63, 3.8) is 0 Å². The summed E-state index contributed by atoms with van der Waals surface area (Å²) in [5.41, 5.74) is 31.8. The predicted molar refractivity (Wildman–Crippen MR) is 269 cm³/mol. The maximum atomic E-state index is 5.63. The SMILES string of the molecule is Cc1cc(C)c(-c2c3nc(c(-c4c(C)cc(C)cc4C)c4ccc([nH]4)c(-c4c(C)cc(C)cc4C)c4nc(c(-c5c(C)cc(C)cc5C)c5ccc2[nH]5)C=C4)C=C3)c(C)c1.[Cl][Ru][Cl]. The molecule has 7 aromatic rings. The van der Waals surface area contributed by atoms with Gasteiger partial charge in [-0.1, -0.05) is 70.8 Å². The van der Waals surface area contributed by atoms with Crippen molar-refractivity contribution in [3.8, 4) is 44.5 Å². The van der Waals surface area contributed by atoms with E-state index >= 15 is 0 Å². The Kier molecular flexibility index (Phi) is 12.4. The number of aromatic nitrogens is 4. The fourth-order valence-electron chi connectivity index (χ4n) is 10.6. The van der Waals surface area contributed by atoms with E-state index < -0.39 is 0 Å². The molecule has 4 aromatic carbocycles. The molecule has 2 aliphatic heterocycles. The summed E-state index contributed by atoms with van der Waals surface area (Å²) in [6.07, 6.45) is 8.85. The minimum atomic E-state index is -0.346. The van der Waals surface area contributed by atoms with E-state index in [0.29, 0.717) is 0 Å². The zero-order valence-corrected chi connectivity index (χ0v) is 41.5. The number of aromatic amines is 2. The van der Waals surface area contributed by atoms with Crippen LogP contribution in [0.4, 0.5) is 0 Å². The summed E-state index contributed by atoms with van der Waals surface area (Å²) in [6.45, 7) is 26.5. The average Bonchev–Trinajstić information content (AvgIpc) is 4.03. The van der Waals surface area contributed by atoms with E-state index in [1.807, 2.05) is 0 Å². The molecule has 0 radical (unpaired) electrons. The first-order valence-corrected chi connectivity index (χ1v) is 25.9. The van der Waals surface area contributed by atoms with Crippen LogP contribution in [0.15, 0.2) is 72.8 Å². The van der Waals surface area contributed by atoms with Crippen LogP contribution in [0.25, 0.3) is 90.9 Å². The van der Waals surface area contributed by atoms with Crippen LogP contribution in [0.5, 0.6) is 0 Å². The van der Waals surface area contributed by atoms with Gasteiger partial charge in [0.25, 0.3) is 0 Å². The first kappa shape index (κ1) is 44.3. The summed E-state index contributed by atoms with van der Waals surface area (Å²) in [6, 6.07) is 27.3. The second-order valence-corrected chi connectivity index (χ2v) is 20.3. The molecule has 0 unspecified atom stereocenters. The number of hydrogen-bond acceptors (Lipinski definition) is 2. The summed E-state index contributed by atoms with van der Waals surface area (Å²) in [5.74, 6) is 0. The van der Waals surface area contributed by atoms with E-state index in [9.17, 15) is 0 Å². The summed E-state index contributed by atoms with van der Waals surface area (Å²) in [5, 5.41) is 0. The molecular formula is C56H54Cl2N4Ru. The summed E-state index contributed by atoms with van der Waals surface area (Å²) in [7, 11) is 9.71. The van der Waals surface area contributed by atoms with E-state index in [1.165, 1.54) is 89.0 Å². The third kappa shape index (κ3) is 8.33. The van der Waals surface area contributed by atoms with Crippen molar-refractivity contribution in [3.05, 3.63) is 162 Å². The Morgan fingerprint density at radius 1 is 0.317 bits per heavy atom. The standard InChI is InChI=1S/C56H54N4.2ClH.Ru/c1-29-21-33(5)49(34(6)22-29)53-41-13-15-43(57-41)54(50-35(7)23-30(2)24-36(50)8)45-17-19-47(59-45)56(52-39(11)27-32(4)28-40(52)12)48-20-18-46(60-48)55(44-16-14-42(53)58-44)51-37(9)25-31(3)26-38(51)10;;;/h13-28,57,60H,1-12H3;2*1H;/q;;;+2/p-2. The molecular weight excluding hydrogens is 901 g/mol. The van der Waals surface area contributed by atoms with Crippen molar-refractivity contribution in [2.45, 2.75) is 83.1 Å². The first-order chi connectivity index (χ1) is 30.1. The monoisotopic (exact) mass is 954 g/mol. The van der Waals surface area contributed by atoms with Crippen LogP contribution in [0.2, 0.25) is 0 Å². The van der Waals surface area contributed by atoms with Gasteiger partial charge in [-0.15, -0.1) is 0 Å². The second kappa shape index (κ2) is 17.7. The van der Waals surface area contributed by atoms with Crippen molar-refractivity contribution in [2.24, 2.45) is 0 Å². The van der Waals surface area contributed by atoms with Crippen LogP contribution >= 0.6 is 19.4 Å². The number of halogens is 2. The molecule has 4 nitrogen and oxygen atoms in total.